The molecule has 26 heavy (non-hydrogen) atoms. The Kier molecular flexibility index (Phi) is 3.66. The molecule has 4 rings (SSSR count). The fraction of sp³-hybridized carbons (Fsp3) is 0.0526. The van der Waals surface area contributed by atoms with Crippen molar-refractivity contribution < 1.29 is 13.5 Å². The average molecular weight is 350 g/mol. The van der Waals surface area contributed by atoms with Crippen molar-refractivity contribution in [1.82, 2.24) is 10.2 Å². The molecule has 0 radical (unpaired) electrons. The summed E-state index contributed by atoms with van der Waals surface area (Å²) in [5.41, 5.74) is 8.33. The molecule has 0 fully saturated rings. The third kappa shape index (κ3) is 2.48. The second kappa shape index (κ2) is 6.01. The number of ether oxygens (including phenoxy) is 1. The number of benzene rings is 2. The molecule has 0 aliphatic carbocycles. The van der Waals surface area contributed by atoms with Crippen LogP contribution in [0.15, 0.2) is 60.0 Å². The van der Waals surface area contributed by atoms with Crippen LogP contribution in [0.5, 0.6) is 5.88 Å². The number of allylic oxidation sites excluding steroid dienone is 1. The number of nitrogens with two attached hydrogens (primary N) is 1. The van der Waals surface area contributed by atoms with Gasteiger partial charge in [0, 0.05) is 5.56 Å². The number of nitrogens with one attached hydrogen (secondary N) is 1. The molecule has 1 aliphatic rings. The van der Waals surface area contributed by atoms with Gasteiger partial charge in [-0.05, 0) is 42.0 Å². The molecule has 0 saturated carbocycles. The third-order valence-corrected chi connectivity index (χ3v) is 4.25. The highest BCUT2D eigenvalue weighted by Crippen LogP contribution is 2.45. The lowest BCUT2D eigenvalue weighted by atomic mass is 9.83. The van der Waals surface area contributed by atoms with Gasteiger partial charge in [-0.15, -0.1) is 5.10 Å². The van der Waals surface area contributed by atoms with Crippen LogP contribution in [-0.4, -0.2) is 10.2 Å². The molecule has 0 bridgehead atoms. The number of hydrogen-bond acceptors (Lipinski definition) is 4. The molecule has 0 spiro atoms. The summed E-state index contributed by atoms with van der Waals surface area (Å²) in [5.74, 6) is -1.33. The molecule has 2 heterocycles. The number of aromatic nitrogens is 2. The minimum Gasteiger partial charge on any atom is -0.420 e. The number of rotatable bonds is 2. The summed E-state index contributed by atoms with van der Waals surface area (Å²) in [5, 5.41) is 16.5. The Morgan fingerprint density at radius 2 is 1.88 bits per heavy atom. The van der Waals surface area contributed by atoms with Gasteiger partial charge in [0.2, 0.25) is 11.8 Å². The van der Waals surface area contributed by atoms with E-state index in [1.807, 2.05) is 6.07 Å². The molecule has 0 saturated heterocycles. The Hall–Kier alpha value is -3.66. The minimum atomic E-state index is -0.654. The molecule has 1 atom stereocenters. The highest BCUT2D eigenvalue weighted by atomic mass is 19.1. The number of aromatic amines is 1. The van der Waals surface area contributed by atoms with Crippen LogP contribution in [0.3, 0.4) is 0 Å². The summed E-state index contributed by atoms with van der Waals surface area (Å²) in [6, 6.07) is 13.8. The van der Waals surface area contributed by atoms with Gasteiger partial charge in [0.1, 0.15) is 23.3 Å². The minimum absolute atomic E-state index is 0.0774. The summed E-state index contributed by atoms with van der Waals surface area (Å²) < 4.78 is 32.5. The van der Waals surface area contributed by atoms with Gasteiger partial charge in [0.05, 0.1) is 17.2 Å². The van der Waals surface area contributed by atoms with Gasteiger partial charge >= 0.3 is 0 Å². The maximum absolute atomic E-state index is 13.8. The van der Waals surface area contributed by atoms with E-state index in [1.165, 1.54) is 24.3 Å². The molecule has 1 unspecified atom stereocenters. The molecular weight excluding hydrogens is 338 g/mol. The molecule has 1 aliphatic heterocycles. The Labute approximate surface area is 147 Å². The predicted molar refractivity (Wildman–Crippen MR) is 89.7 cm³/mol. The fourth-order valence-electron chi connectivity index (χ4n) is 3.10. The first-order chi connectivity index (χ1) is 12.6. The van der Waals surface area contributed by atoms with Crippen LogP contribution in [0.2, 0.25) is 0 Å². The Balaban J connectivity index is 1.95. The molecule has 3 aromatic rings. The molecule has 2 aromatic carbocycles. The van der Waals surface area contributed by atoms with Crippen LogP contribution in [0.25, 0.3) is 11.3 Å². The summed E-state index contributed by atoms with van der Waals surface area (Å²) in [4.78, 5) is 0. The molecule has 0 amide bonds. The number of halogens is 2. The van der Waals surface area contributed by atoms with Crippen molar-refractivity contribution >= 4 is 0 Å². The highest BCUT2D eigenvalue weighted by molar-refractivity contribution is 5.70. The van der Waals surface area contributed by atoms with E-state index >= 15 is 0 Å². The molecule has 7 heteroatoms. The van der Waals surface area contributed by atoms with Crippen molar-refractivity contribution in [3.05, 3.63) is 82.7 Å². The second-order valence-electron chi connectivity index (χ2n) is 5.80. The van der Waals surface area contributed by atoms with Crippen molar-refractivity contribution in [2.45, 2.75) is 5.92 Å². The summed E-state index contributed by atoms with van der Waals surface area (Å²) in [6.45, 7) is 0. The van der Waals surface area contributed by atoms with E-state index < -0.39 is 11.7 Å². The summed E-state index contributed by atoms with van der Waals surface area (Å²) in [6.07, 6.45) is 0. The van der Waals surface area contributed by atoms with E-state index in [4.69, 9.17) is 10.5 Å². The van der Waals surface area contributed by atoms with Gasteiger partial charge in [-0.1, -0.05) is 12.1 Å². The average Bonchev–Trinajstić information content (AvgIpc) is 3.04. The van der Waals surface area contributed by atoms with Crippen LogP contribution in [0.1, 0.15) is 17.0 Å². The van der Waals surface area contributed by atoms with Gasteiger partial charge in [0.15, 0.2) is 0 Å². The van der Waals surface area contributed by atoms with Crippen molar-refractivity contribution in [1.29, 1.82) is 5.26 Å². The van der Waals surface area contributed by atoms with Crippen molar-refractivity contribution in [3.63, 3.8) is 0 Å². The van der Waals surface area contributed by atoms with E-state index in [0.29, 0.717) is 22.4 Å². The molecule has 5 nitrogen and oxygen atoms in total. The van der Waals surface area contributed by atoms with E-state index in [9.17, 15) is 14.0 Å². The maximum atomic E-state index is 13.8. The van der Waals surface area contributed by atoms with Crippen LogP contribution in [-0.2, 0) is 0 Å². The second-order valence-corrected chi connectivity index (χ2v) is 5.80. The van der Waals surface area contributed by atoms with E-state index in [-0.39, 0.29) is 23.2 Å². The lowest BCUT2D eigenvalue weighted by molar-refractivity contribution is 0.379. The standard InChI is InChI=1S/C19H12F2N4O/c20-12-6-4-10(5-7-12)17-16-15(11-2-1-3-13(21)8-11)14(9-22)18(23)26-19(16)25-24-17/h1-8,15H,23H2,(H,24,25). The largest absolute Gasteiger partial charge is 0.420 e. The van der Waals surface area contributed by atoms with Crippen LogP contribution in [0.4, 0.5) is 8.78 Å². The number of H-pyrrole nitrogens is 1. The highest BCUT2D eigenvalue weighted by Gasteiger charge is 2.35. The van der Waals surface area contributed by atoms with Gasteiger partial charge < -0.3 is 10.5 Å². The van der Waals surface area contributed by atoms with E-state index in [1.54, 1.807) is 24.3 Å². The Bertz CT molecular complexity index is 1060. The topological polar surface area (TPSA) is 87.7 Å². The fourth-order valence-corrected chi connectivity index (χ4v) is 3.10. The van der Waals surface area contributed by atoms with Crippen molar-refractivity contribution in [2.75, 3.05) is 0 Å². The van der Waals surface area contributed by atoms with Gasteiger partial charge in [-0.3, -0.25) is 5.10 Å². The van der Waals surface area contributed by atoms with E-state index in [0.717, 1.165) is 0 Å². The summed E-state index contributed by atoms with van der Waals surface area (Å²) >= 11 is 0. The normalized spacial score (nSPS) is 16.0. The van der Waals surface area contributed by atoms with Gasteiger partial charge in [-0.25, -0.2) is 8.78 Å². The predicted octanol–water partition coefficient (Wildman–Crippen LogP) is 3.57. The van der Waals surface area contributed by atoms with Crippen molar-refractivity contribution in [2.24, 2.45) is 5.73 Å². The first-order valence-corrected chi connectivity index (χ1v) is 7.75. The van der Waals surface area contributed by atoms with Crippen LogP contribution in [0, 0.1) is 23.0 Å². The third-order valence-electron chi connectivity index (χ3n) is 4.25. The zero-order valence-electron chi connectivity index (χ0n) is 13.3. The molecule has 128 valence electrons. The smallest absolute Gasteiger partial charge is 0.244 e. The monoisotopic (exact) mass is 350 g/mol. The summed E-state index contributed by atoms with van der Waals surface area (Å²) in [7, 11) is 0. The van der Waals surface area contributed by atoms with E-state index in [2.05, 4.69) is 10.2 Å². The number of nitriles is 1. The first-order valence-electron chi connectivity index (χ1n) is 7.75. The zero-order valence-corrected chi connectivity index (χ0v) is 13.3. The molecule has 1 aromatic heterocycles. The molecular formula is C19H12F2N4O. The quantitative estimate of drug-likeness (QED) is 0.739. The zero-order chi connectivity index (χ0) is 18.3. The van der Waals surface area contributed by atoms with Crippen LogP contribution < -0.4 is 10.5 Å². The van der Waals surface area contributed by atoms with Gasteiger partial charge in [0.25, 0.3) is 0 Å². The van der Waals surface area contributed by atoms with Crippen LogP contribution >= 0.6 is 0 Å². The number of hydrogen-bond donors (Lipinski definition) is 2. The maximum Gasteiger partial charge on any atom is 0.244 e. The first kappa shape index (κ1) is 15.8. The Morgan fingerprint density at radius 3 is 2.58 bits per heavy atom. The van der Waals surface area contributed by atoms with Gasteiger partial charge in [-0.2, -0.15) is 5.26 Å². The number of fused-ring (bicyclic) bond motifs is 1. The SMILES string of the molecule is N#CC1=C(N)Oc2n[nH]c(-c3ccc(F)cc3)c2C1c1cccc(F)c1. The lowest BCUT2D eigenvalue weighted by Crippen LogP contribution is -2.21. The Morgan fingerprint density at radius 1 is 1.12 bits per heavy atom. The lowest BCUT2D eigenvalue weighted by Gasteiger charge is -2.24. The van der Waals surface area contributed by atoms with Crippen molar-refractivity contribution in [3.8, 4) is 23.2 Å². The number of nitrogens with zero attached hydrogens (tertiary/aromatic N) is 2. The molecule has 3 N–H and O–H groups in total.